The summed E-state index contributed by atoms with van der Waals surface area (Å²) in [7, 11) is 0. The van der Waals surface area contributed by atoms with Gasteiger partial charge in [0.1, 0.15) is 5.82 Å². The second-order valence-electron chi connectivity index (χ2n) is 3.91. The topological polar surface area (TPSA) is 53.1 Å². The van der Waals surface area contributed by atoms with Crippen molar-refractivity contribution in [3.63, 3.8) is 0 Å². The Morgan fingerprint density at radius 1 is 1.44 bits per heavy atom. The van der Waals surface area contributed by atoms with Crippen LogP contribution in [0.3, 0.4) is 0 Å². The molecule has 4 heteroatoms. The molecule has 0 fully saturated rings. The first-order chi connectivity index (χ1) is 7.74. The van der Waals surface area contributed by atoms with E-state index < -0.39 is 0 Å². The van der Waals surface area contributed by atoms with E-state index in [-0.39, 0.29) is 12.1 Å². The monoisotopic (exact) mass is 225 g/mol. The fraction of sp³-hybridized carbons (Fsp3) is 0.750. The minimum atomic E-state index is -0.133. The molecular formula is C12H23N3O. The van der Waals surface area contributed by atoms with Crippen LogP contribution in [0.15, 0.2) is 12.4 Å². The summed E-state index contributed by atoms with van der Waals surface area (Å²) in [6, 6.07) is -0.133. The maximum absolute atomic E-state index is 6.20. The Labute approximate surface area is 97.8 Å². The van der Waals surface area contributed by atoms with Crippen LogP contribution in [-0.2, 0) is 11.3 Å². The minimum absolute atomic E-state index is 0.0583. The van der Waals surface area contributed by atoms with Crippen LogP contribution in [-0.4, -0.2) is 22.3 Å². The third kappa shape index (κ3) is 3.06. The summed E-state index contributed by atoms with van der Waals surface area (Å²) in [6.45, 7) is 7.89. The van der Waals surface area contributed by atoms with Gasteiger partial charge >= 0.3 is 0 Å². The van der Waals surface area contributed by atoms with Crippen molar-refractivity contribution in [2.75, 3.05) is 6.61 Å². The maximum atomic E-state index is 6.20. The summed E-state index contributed by atoms with van der Waals surface area (Å²) in [4.78, 5) is 4.34. The Morgan fingerprint density at radius 3 is 2.75 bits per heavy atom. The standard InChI is InChI=1S/C12H23N3O/c1-4-8-15-9-7-14-12(15)11(13)10(5-2)16-6-3/h7,9-11H,4-6,8,13H2,1-3H3. The lowest BCUT2D eigenvalue weighted by molar-refractivity contribution is 0.0385. The second kappa shape index (κ2) is 6.66. The smallest absolute Gasteiger partial charge is 0.128 e. The van der Waals surface area contributed by atoms with Crippen molar-refractivity contribution in [3.05, 3.63) is 18.2 Å². The van der Waals surface area contributed by atoms with Crippen LogP contribution in [0.1, 0.15) is 45.5 Å². The van der Waals surface area contributed by atoms with Gasteiger partial charge in [-0.15, -0.1) is 0 Å². The van der Waals surface area contributed by atoms with Gasteiger partial charge in [0.15, 0.2) is 0 Å². The molecule has 1 rings (SSSR count). The molecule has 2 N–H and O–H groups in total. The summed E-state index contributed by atoms with van der Waals surface area (Å²) in [5, 5.41) is 0. The molecule has 0 saturated carbocycles. The van der Waals surface area contributed by atoms with Gasteiger partial charge < -0.3 is 15.0 Å². The van der Waals surface area contributed by atoms with Gasteiger partial charge in [-0.25, -0.2) is 4.98 Å². The zero-order chi connectivity index (χ0) is 12.0. The Balaban J connectivity index is 2.76. The highest BCUT2D eigenvalue weighted by atomic mass is 16.5. The highest BCUT2D eigenvalue weighted by Crippen LogP contribution is 2.18. The maximum Gasteiger partial charge on any atom is 0.128 e. The van der Waals surface area contributed by atoms with Crippen molar-refractivity contribution >= 4 is 0 Å². The molecule has 1 aromatic rings. The first kappa shape index (κ1) is 13.2. The van der Waals surface area contributed by atoms with Crippen LogP contribution in [0, 0.1) is 0 Å². The van der Waals surface area contributed by atoms with E-state index in [0.717, 1.165) is 25.2 Å². The van der Waals surface area contributed by atoms with E-state index in [9.17, 15) is 0 Å². The number of ether oxygens (including phenoxy) is 1. The first-order valence-corrected chi connectivity index (χ1v) is 6.12. The van der Waals surface area contributed by atoms with E-state index in [1.165, 1.54) is 0 Å². The number of nitrogens with zero attached hydrogens (tertiary/aromatic N) is 2. The number of imidazole rings is 1. The fourth-order valence-electron chi connectivity index (χ4n) is 1.90. The molecule has 16 heavy (non-hydrogen) atoms. The van der Waals surface area contributed by atoms with Gasteiger partial charge in [0, 0.05) is 25.5 Å². The molecule has 0 radical (unpaired) electrons. The molecule has 0 saturated heterocycles. The van der Waals surface area contributed by atoms with Crippen LogP contribution in [0.4, 0.5) is 0 Å². The van der Waals surface area contributed by atoms with E-state index in [4.69, 9.17) is 10.5 Å². The van der Waals surface area contributed by atoms with Crippen LogP contribution in [0.5, 0.6) is 0 Å². The van der Waals surface area contributed by atoms with Gasteiger partial charge in [-0.2, -0.15) is 0 Å². The van der Waals surface area contributed by atoms with Crippen LogP contribution in [0.25, 0.3) is 0 Å². The van der Waals surface area contributed by atoms with Crippen molar-refractivity contribution in [3.8, 4) is 0 Å². The van der Waals surface area contributed by atoms with E-state index in [1.54, 1.807) is 0 Å². The lowest BCUT2D eigenvalue weighted by atomic mass is 10.1. The summed E-state index contributed by atoms with van der Waals surface area (Å²) in [5.41, 5.74) is 6.20. The van der Waals surface area contributed by atoms with Crippen molar-refractivity contribution < 1.29 is 4.74 Å². The van der Waals surface area contributed by atoms with Gasteiger partial charge in [-0.05, 0) is 19.8 Å². The van der Waals surface area contributed by atoms with Crippen molar-refractivity contribution in [1.29, 1.82) is 0 Å². The van der Waals surface area contributed by atoms with Crippen LogP contribution < -0.4 is 5.73 Å². The molecule has 1 heterocycles. The number of aromatic nitrogens is 2. The molecule has 0 aliphatic rings. The molecule has 92 valence electrons. The predicted molar refractivity (Wildman–Crippen MR) is 65.2 cm³/mol. The van der Waals surface area contributed by atoms with Crippen LogP contribution in [0.2, 0.25) is 0 Å². The van der Waals surface area contributed by atoms with E-state index in [1.807, 2.05) is 19.3 Å². The zero-order valence-electron chi connectivity index (χ0n) is 10.5. The largest absolute Gasteiger partial charge is 0.376 e. The normalized spacial score (nSPS) is 15.0. The highest BCUT2D eigenvalue weighted by Gasteiger charge is 2.21. The predicted octanol–water partition coefficient (Wildman–Crippen LogP) is 2.11. The molecule has 0 aromatic carbocycles. The zero-order valence-corrected chi connectivity index (χ0v) is 10.5. The molecule has 4 nitrogen and oxygen atoms in total. The van der Waals surface area contributed by atoms with E-state index in [0.29, 0.717) is 6.61 Å². The minimum Gasteiger partial charge on any atom is -0.376 e. The third-order valence-corrected chi connectivity index (χ3v) is 2.69. The molecule has 0 spiro atoms. The third-order valence-electron chi connectivity index (χ3n) is 2.69. The number of nitrogens with two attached hydrogens (primary N) is 1. The number of hydrogen-bond donors (Lipinski definition) is 1. The van der Waals surface area contributed by atoms with Crippen molar-refractivity contribution in [2.24, 2.45) is 5.73 Å². The van der Waals surface area contributed by atoms with E-state index in [2.05, 4.69) is 23.4 Å². The molecule has 1 aromatic heterocycles. The summed E-state index contributed by atoms with van der Waals surface area (Å²) in [5.74, 6) is 0.933. The molecule has 0 aliphatic heterocycles. The summed E-state index contributed by atoms with van der Waals surface area (Å²) in [6.07, 6.45) is 5.85. The highest BCUT2D eigenvalue weighted by molar-refractivity contribution is 5.01. The molecule has 2 unspecified atom stereocenters. The SMILES string of the molecule is CCCn1ccnc1C(N)C(CC)OCC. The van der Waals surface area contributed by atoms with Gasteiger partial charge in [-0.1, -0.05) is 13.8 Å². The van der Waals surface area contributed by atoms with Crippen molar-refractivity contribution in [1.82, 2.24) is 9.55 Å². The Bertz CT molecular complexity index is 298. The van der Waals surface area contributed by atoms with Gasteiger partial charge in [0.25, 0.3) is 0 Å². The quantitative estimate of drug-likeness (QED) is 0.773. The lowest BCUT2D eigenvalue weighted by Crippen LogP contribution is -2.31. The number of rotatable bonds is 7. The average molecular weight is 225 g/mol. The Morgan fingerprint density at radius 2 is 2.19 bits per heavy atom. The Kier molecular flexibility index (Phi) is 5.49. The Hall–Kier alpha value is -0.870. The molecule has 0 amide bonds. The molecular weight excluding hydrogens is 202 g/mol. The van der Waals surface area contributed by atoms with E-state index >= 15 is 0 Å². The first-order valence-electron chi connectivity index (χ1n) is 6.12. The second-order valence-corrected chi connectivity index (χ2v) is 3.91. The fourth-order valence-corrected chi connectivity index (χ4v) is 1.90. The van der Waals surface area contributed by atoms with Gasteiger partial charge in [0.2, 0.25) is 0 Å². The van der Waals surface area contributed by atoms with Gasteiger partial charge in [0.05, 0.1) is 12.1 Å². The molecule has 2 atom stereocenters. The average Bonchev–Trinajstić information content (AvgIpc) is 2.73. The van der Waals surface area contributed by atoms with Gasteiger partial charge in [-0.3, -0.25) is 0 Å². The number of aryl methyl sites for hydroxylation is 1. The van der Waals surface area contributed by atoms with Crippen LogP contribution >= 0.6 is 0 Å². The molecule has 0 bridgehead atoms. The molecule has 0 aliphatic carbocycles. The van der Waals surface area contributed by atoms with Crippen molar-refractivity contribution in [2.45, 2.75) is 52.3 Å². The summed E-state index contributed by atoms with van der Waals surface area (Å²) < 4.78 is 7.75. The number of hydrogen-bond acceptors (Lipinski definition) is 3. The lowest BCUT2D eigenvalue weighted by Gasteiger charge is -2.22. The summed E-state index contributed by atoms with van der Waals surface area (Å²) >= 11 is 0.